The topological polar surface area (TPSA) is 46.2 Å². The molecule has 0 aromatic heterocycles. The first-order valence-electron chi connectivity index (χ1n) is 5.66. The molecule has 0 aliphatic heterocycles. The van der Waals surface area contributed by atoms with Crippen molar-refractivity contribution in [2.24, 2.45) is 0 Å². The Hall–Kier alpha value is -1.24. The minimum Gasteiger partial charge on any atom is -0.382 e. The molecule has 1 N–H and O–H groups in total. The number of hydrogen-bond donors (Lipinski definition) is 1. The van der Waals surface area contributed by atoms with Crippen molar-refractivity contribution in [1.82, 2.24) is 0 Å². The quantitative estimate of drug-likeness (QED) is 0.869. The highest BCUT2D eigenvalue weighted by atomic mass is 32.2. The van der Waals surface area contributed by atoms with Crippen molar-refractivity contribution in [2.45, 2.75) is 25.5 Å². The summed E-state index contributed by atoms with van der Waals surface area (Å²) in [6.07, 6.45) is 0. The molecule has 19 heavy (non-hydrogen) atoms. The van der Waals surface area contributed by atoms with Crippen LogP contribution in [0, 0.1) is 17.5 Å². The van der Waals surface area contributed by atoms with Gasteiger partial charge in [0.15, 0.2) is 27.3 Å². The number of anilines is 1. The maximum absolute atomic E-state index is 13.3. The maximum Gasteiger partial charge on any atom is 0.196 e. The standard InChI is InChI=1S/C12H16F3NO2S/c1-12(2,3)19(17,18)7-6-16-9-5-4-8(13)10(14)11(9)15/h4-5,16H,6-7H2,1-3H3. The molecule has 1 aromatic carbocycles. The highest BCUT2D eigenvalue weighted by Gasteiger charge is 2.28. The van der Waals surface area contributed by atoms with E-state index in [9.17, 15) is 21.6 Å². The van der Waals surface area contributed by atoms with Crippen LogP contribution < -0.4 is 5.32 Å². The Morgan fingerprint density at radius 3 is 2.21 bits per heavy atom. The van der Waals surface area contributed by atoms with Gasteiger partial charge < -0.3 is 5.32 Å². The first-order valence-corrected chi connectivity index (χ1v) is 7.31. The highest BCUT2D eigenvalue weighted by molar-refractivity contribution is 7.92. The highest BCUT2D eigenvalue weighted by Crippen LogP contribution is 2.20. The van der Waals surface area contributed by atoms with Crippen molar-refractivity contribution in [3.05, 3.63) is 29.6 Å². The third kappa shape index (κ3) is 3.62. The lowest BCUT2D eigenvalue weighted by Crippen LogP contribution is -2.33. The van der Waals surface area contributed by atoms with Gasteiger partial charge in [0, 0.05) is 6.54 Å². The average molecular weight is 295 g/mol. The number of halogens is 3. The molecule has 7 heteroatoms. The van der Waals surface area contributed by atoms with Crippen molar-refractivity contribution in [2.75, 3.05) is 17.6 Å². The first kappa shape index (κ1) is 15.8. The summed E-state index contributed by atoms with van der Waals surface area (Å²) < 4.78 is 61.6. The molecule has 0 bridgehead atoms. The van der Waals surface area contributed by atoms with Gasteiger partial charge in [-0.05, 0) is 32.9 Å². The van der Waals surface area contributed by atoms with E-state index in [4.69, 9.17) is 0 Å². The molecule has 3 nitrogen and oxygen atoms in total. The number of rotatable bonds is 4. The molecule has 0 saturated carbocycles. The molecule has 0 atom stereocenters. The van der Waals surface area contributed by atoms with Gasteiger partial charge >= 0.3 is 0 Å². The summed E-state index contributed by atoms with van der Waals surface area (Å²) in [5.41, 5.74) is -0.261. The van der Waals surface area contributed by atoms with Crippen LogP contribution in [0.1, 0.15) is 20.8 Å². The van der Waals surface area contributed by atoms with Crippen LogP contribution in [-0.2, 0) is 9.84 Å². The lowest BCUT2D eigenvalue weighted by atomic mass is 10.3. The molecule has 0 spiro atoms. The van der Waals surface area contributed by atoms with E-state index in [1.54, 1.807) is 20.8 Å². The zero-order valence-corrected chi connectivity index (χ0v) is 11.7. The average Bonchev–Trinajstić information content (AvgIpc) is 2.27. The molecule has 0 aliphatic carbocycles. The van der Waals surface area contributed by atoms with Crippen molar-refractivity contribution in [1.29, 1.82) is 0 Å². The van der Waals surface area contributed by atoms with Gasteiger partial charge in [-0.3, -0.25) is 0 Å². The number of hydrogen-bond acceptors (Lipinski definition) is 3. The van der Waals surface area contributed by atoms with E-state index in [0.29, 0.717) is 0 Å². The second-order valence-corrected chi connectivity index (χ2v) is 7.94. The van der Waals surface area contributed by atoms with Crippen molar-refractivity contribution in [3.63, 3.8) is 0 Å². The Morgan fingerprint density at radius 2 is 1.68 bits per heavy atom. The predicted molar refractivity (Wildman–Crippen MR) is 68.3 cm³/mol. The Kier molecular flexibility index (Phi) is 4.50. The van der Waals surface area contributed by atoms with Crippen LogP contribution in [0.4, 0.5) is 18.9 Å². The van der Waals surface area contributed by atoms with Crippen LogP contribution in [0.5, 0.6) is 0 Å². The van der Waals surface area contributed by atoms with E-state index in [-0.39, 0.29) is 18.0 Å². The number of sulfone groups is 1. The van der Waals surface area contributed by atoms with Gasteiger partial charge in [-0.2, -0.15) is 0 Å². The monoisotopic (exact) mass is 295 g/mol. The van der Waals surface area contributed by atoms with Crippen molar-refractivity contribution in [3.8, 4) is 0 Å². The molecular weight excluding hydrogens is 279 g/mol. The summed E-state index contributed by atoms with van der Waals surface area (Å²) in [7, 11) is -3.35. The molecule has 0 unspecified atom stereocenters. The van der Waals surface area contributed by atoms with Crippen LogP contribution in [0.3, 0.4) is 0 Å². The van der Waals surface area contributed by atoms with Gasteiger partial charge in [0.05, 0.1) is 16.2 Å². The summed E-state index contributed by atoms with van der Waals surface area (Å²) in [6, 6.07) is 1.80. The van der Waals surface area contributed by atoms with Gasteiger partial charge in [0.2, 0.25) is 0 Å². The zero-order valence-electron chi connectivity index (χ0n) is 10.9. The minimum absolute atomic E-state index is 0.0818. The van der Waals surface area contributed by atoms with Crippen LogP contribution in [0.2, 0.25) is 0 Å². The SMILES string of the molecule is CC(C)(C)S(=O)(=O)CCNc1ccc(F)c(F)c1F. The molecule has 0 amide bonds. The van der Waals surface area contributed by atoms with E-state index < -0.39 is 32.0 Å². The molecule has 0 saturated heterocycles. The Morgan fingerprint density at radius 1 is 1.11 bits per heavy atom. The van der Waals surface area contributed by atoms with E-state index in [2.05, 4.69) is 5.32 Å². The van der Waals surface area contributed by atoms with Gasteiger partial charge in [0.25, 0.3) is 0 Å². The predicted octanol–water partition coefficient (Wildman–Crippen LogP) is 2.73. The van der Waals surface area contributed by atoms with E-state index >= 15 is 0 Å². The fourth-order valence-electron chi connectivity index (χ4n) is 1.29. The van der Waals surface area contributed by atoms with Crippen LogP contribution in [-0.4, -0.2) is 25.5 Å². The van der Waals surface area contributed by atoms with Gasteiger partial charge in [-0.25, -0.2) is 21.6 Å². The number of benzene rings is 1. The lowest BCUT2D eigenvalue weighted by molar-refractivity contribution is 0.449. The van der Waals surface area contributed by atoms with Crippen molar-refractivity contribution >= 4 is 15.5 Å². The zero-order chi connectivity index (χ0) is 14.8. The summed E-state index contributed by atoms with van der Waals surface area (Å²) in [4.78, 5) is 0. The largest absolute Gasteiger partial charge is 0.382 e. The molecule has 0 fully saturated rings. The van der Waals surface area contributed by atoms with Crippen LogP contribution in [0.25, 0.3) is 0 Å². The van der Waals surface area contributed by atoms with Gasteiger partial charge in [-0.1, -0.05) is 0 Å². The minimum atomic E-state index is -3.35. The summed E-state index contributed by atoms with van der Waals surface area (Å²) in [5, 5.41) is 2.45. The van der Waals surface area contributed by atoms with Crippen LogP contribution in [0.15, 0.2) is 12.1 Å². The Balaban J connectivity index is 2.73. The normalized spacial score (nSPS) is 12.5. The molecule has 108 valence electrons. The molecule has 0 aliphatic rings. The van der Waals surface area contributed by atoms with E-state index in [1.807, 2.05) is 0 Å². The Bertz CT molecular complexity index is 565. The smallest absolute Gasteiger partial charge is 0.196 e. The van der Waals surface area contributed by atoms with Crippen molar-refractivity contribution < 1.29 is 21.6 Å². The third-order valence-corrected chi connectivity index (χ3v) is 5.26. The summed E-state index contributed by atoms with van der Waals surface area (Å²) >= 11 is 0. The Labute approximate surface area is 110 Å². The maximum atomic E-state index is 13.3. The molecule has 0 radical (unpaired) electrons. The molecule has 1 rings (SSSR count). The molecule has 0 heterocycles. The fraction of sp³-hybridized carbons (Fsp3) is 0.500. The second-order valence-electron chi connectivity index (χ2n) is 5.08. The number of nitrogens with one attached hydrogen (secondary N) is 1. The van der Waals surface area contributed by atoms with Gasteiger partial charge in [0.1, 0.15) is 0 Å². The lowest BCUT2D eigenvalue weighted by Gasteiger charge is -2.19. The van der Waals surface area contributed by atoms with E-state index in [1.165, 1.54) is 0 Å². The van der Waals surface area contributed by atoms with E-state index in [0.717, 1.165) is 12.1 Å². The molecule has 1 aromatic rings. The summed E-state index contributed by atoms with van der Waals surface area (Å²) in [6.45, 7) is 4.59. The fourth-order valence-corrected chi connectivity index (χ4v) is 2.27. The van der Waals surface area contributed by atoms with Crippen LogP contribution >= 0.6 is 0 Å². The molecular formula is C12H16F3NO2S. The first-order chi connectivity index (χ1) is 8.56. The van der Waals surface area contributed by atoms with Gasteiger partial charge in [-0.15, -0.1) is 0 Å². The second kappa shape index (κ2) is 5.40. The summed E-state index contributed by atoms with van der Waals surface area (Å²) in [5.74, 6) is -4.45. The third-order valence-electron chi connectivity index (χ3n) is 2.65.